The number of halogens is 2. The van der Waals surface area contributed by atoms with Gasteiger partial charge in [-0.25, -0.2) is 9.07 Å². The van der Waals surface area contributed by atoms with Gasteiger partial charge in [-0.05, 0) is 25.1 Å². The van der Waals surface area contributed by atoms with Crippen molar-refractivity contribution in [1.82, 2.24) is 9.78 Å². The first-order valence-electron chi connectivity index (χ1n) is 6.44. The lowest BCUT2D eigenvalue weighted by Crippen LogP contribution is -2.01. The number of para-hydroxylation sites is 1. The molecule has 0 unspecified atom stereocenters. The highest BCUT2D eigenvalue weighted by molar-refractivity contribution is 6.33. The molecule has 106 valence electrons. The topological polar surface area (TPSA) is 43.8 Å². The average molecular weight is 302 g/mol. The quantitative estimate of drug-likeness (QED) is 0.770. The van der Waals surface area contributed by atoms with Gasteiger partial charge in [0.1, 0.15) is 11.6 Å². The monoisotopic (exact) mass is 301 g/mol. The third-order valence-corrected chi connectivity index (χ3v) is 3.76. The first-order chi connectivity index (χ1) is 10.1. The summed E-state index contributed by atoms with van der Waals surface area (Å²) in [6, 6.07) is 14.2. The lowest BCUT2D eigenvalue weighted by molar-refractivity contribution is 0.628. The molecule has 0 saturated carbocycles. The zero-order valence-electron chi connectivity index (χ0n) is 11.3. The van der Waals surface area contributed by atoms with Gasteiger partial charge in [0.2, 0.25) is 0 Å². The van der Waals surface area contributed by atoms with Gasteiger partial charge >= 0.3 is 0 Å². The van der Waals surface area contributed by atoms with Crippen LogP contribution in [0, 0.1) is 12.7 Å². The minimum atomic E-state index is -0.471. The van der Waals surface area contributed by atoms with Crippen LogP contribution in [-0.2, 0) is 0 Å². The van der Waals surface area contributed by atoms with E-state index in [1.165, 1.54) is 6.07 Å². The number of hydrogen-bond donors (Lipinski definition) is 1. The number of nitrogen functional groups attached to an aromatic ring is 1. The van der Waals surface area contributed by atoms with Crippen LogP contribution in [0.15, 0.2) is 48.5 Å². The van der Waals surface area contributed by atoms with Gasteiger partial charge in [-0.15, -0.1) is 0 Å². The number of nitrogens with zero attached hydrogens (tertiary/aromatic N) is 2. The van der Waals surface area contributed by atoms with E-state index in [2.05, 4.69) is 5.10 Å². The highest BCUT2D eigenvalue weighted by atomic mass is 35.5. The van der Waals surface area contributed by atoms with Crippen molar-refractivity contribution in [2.75, 3.05) is 5.73 Å². The molecule has 0 aliphatic heterocycles. The molecule has 3 nitrogen and oxygen atoms in total. The van der Waals surface area contributed by atoms with E-state index in [9.17, 15) is 4.39 Å². The van der Waals surface area contributed by atoms with Crippen molar-refractivity contribution in [3.05, 3.63) is 64.9 Å². The van der Waals surface area contributed by atoms with E-state index in [1.807, 2.05) is 37.3 Å². The molecule has 0 spiro atoms. The molecule has 3 aromatic rings. The molecule has 0 radical (unpaired) electrons. The summed E-state index contributed by atoms with van der Waals surface area (Å²) >= 11 is 6.04. The molecule has 21 heavy (non-hydrogen) atoms. The van der Waals surface area contributed by atoms with Gasteiger partial charge in [0.05, 0.1) is 16.4 Å². The minimum Gasteiger partial charge on any atom is -0.383 e. The van der Waals surface area contributed by atoms with Crippen molar-refractivity contribution in [1.29, 1.82) is 0 Å². The van der Waals surface area contributed by atoms with Crippen molar-refractivity contribution < 1.29 is 4.39 Å². The molecule has 0 bridgehead atoms. The third kappa shape index (κ3) is 2.28. The number of anilines is 1. The molecule has 0 fully saturated rings. The van der Waals surface area contributed by atoms with Crippen molar-refractivity contribution in [3.63, 3.8) is 0 Å². The largest absolute Gasteiger partial charge is 0.383 e. The Morgan fingerprint density at radius 2 is 1.81 bits per heavy atom. The van der Waals surface area contributed by atoms with E-state index in [-0.39, 0.29) is 5.02 Å². The molecule has 0 saturated heterocycles. The van der Waals surface area contributed by atoms with Crippen LogP contribution in [-0.4, -0.2) is 9.78 Å². The second-order valence-electron chi connectivity index (χ2n) is 4.71. The van der Waals surface area contributed by atoms with Gasteiger partial charge in [-0.2, -0.15) is 5.10 Å². The Hall–Kier alpha value is -2.33. The van der Waals surface area contributed by atoms with Crippen molar-refractivity contribution in [3.8, 4) is 16.9 Å². The Bertz CT molecular complexity index is 797. The maximum Gasteiger partial charge on any atom is 0.142 e. The highest BCUT2D eigenvalue weighted by Crippen LogP contribution is 2.34. The van der Waals surface area contributed by atoms with Gasteiger partial charge in [-0.1, -0.05) is 41.9 Å². The molecule has 1 aromatic heterocycles. The lowest BCUT2D eigenvalue weighted by Gasteiger charge is -2.03. The van der Waals surface area contributed by atoms with Crippen LogP contribution in [0.25, 0.3) is 16.9 Å². The predicted octanol–water partition coefficient (Wildman–Crippen LogP) is 4.22. The summed E-state index contributed by atoms with van der Waals surface area (Å²) in [7, 11) is 0. The minimum absolute atomic E-state index is 0.0540. The molecule has 0 aliphatic rings. The van der Waals surface area contributed by atoms with E-state index in [0.717, 1.165) is 11.3 Å². The molecule has 0 aliphatic carbocycles. The zero-order valence-corrected chi connectivity index (χ0v) is 12.1. The van der Waals surface area contributed by atoms with Crippen LogP contribution in [0.1, 0.15) is 5.56 Å². The van der Waals surface area contributed by atoms with Crippen LogP contribution < -0.4 is 5.73 Å². The van der Waals surface area contributed by atoms with Crippen molar-refractivity contribution in [2.24, 2.45) is 0 Å². The average Bonchev–Trinajstić information content (AvgIpc) is 2.79. The van der Waals surface area contributed by atoms with Gasteiger partial charge in [0.15, 0.2) is 0 Å². The summed E-state index contributed by atoms with van der Waals surface area (Å²) in [5.41, 5.74) is 8.86. The smallest absolute Gasteiger partial charge is 0.142 e. The normalized spacial score (nSPS) is 10.8. The Kier molecular flexibility index (Phi) is 3.39. The van der Waals surface area contributed by atoms with Crippen LogP contribution in [0.2, 0.25) is 5.02 Å². The summed E-state index contributed by atoms with van der Waals surface area (Å²) in [5.74, 6) is 0.0397. The van der Waals surface area contributed by atoms with Gasteiger partial charge < -0.3 is 5.73 Å². The molecule has 1 heterocycles. The van der Waals surface area contributed by atoms with E-state index >= 15 is 0 Å². The van der Waals surface area contributed by atoms with Crippen LogP contribution in [0.3, 0.4) is 0 Å². The van der Waals surface area contributed by atoms with E-state index in [4.69, 9.17) is 17.3 Å². The molecule has 5 heteroatoms. The maximum atomic E-state index is 13.6. The van der Waals surface area contributed by atoms with Gasteiger partial charge in [0.25, 0.3) is 0 Å². The Labute approximate surface area is 126 Å². The summed E-state index contributed by atoms with van der Waals surface area (Å²) < 4.78 is 15.3. The SMILES string of the molecule is Cc1c(-c2cccc(F)c2Cl)nn(-c2ccccc2)c1N. The molecule has 2 aromatic carbocycles. The van der Waals surface area contributed by atoms with Gasteiger partial charge in [0, 0.05) is 11.1 Å². The fourth-order valence-corrected chi connectivity index (χ4v) is 2.43. The number of hydrogen-bond acceptors (Lipinski definition) is 2. The standard InChI is InChI=1S/C16H13ClFN3/c1-10-15(12-8-5-9-13(18)14(12)17)20-21(16(10)19)11-6-3-2-4-7-11/h2-9H,19H2,1H3. The molecule has 0 atom stereocenters. The molecular formula is C16H13ClFN3. The Morgan fingerprint density at radius 1 is 1.10 bits per heavy atom. The Balaban J connectivity index is 2.20. The maximum absolute atomic E-state index is 13.6. The van der Waals surface area contributed by atoms with Crippen LogP contribution in [0.5, 0.6) is 0 Å². The fraction of sp³-hybridized carbons (Fsp3) is 0.0625. The summed E-state index contributed by atoms with van der Waals surface area (Å²) in [5, 5.41) is 4.55. The van der Waals surface area contributed by atoms with E-state index < -0.39 is 5.82 Å². The number of aromatic nitrogens is 2. The second-order valence-corrected chi connectivity index (χ2v) is 5.09. The van der Waals surface area contributed by atoms with E-state index in [0.29, 0.717) is 17.1 Å². The second kappa shape index (κ2) is 5.22. The lowest BCUT2D eigenvalue weighted by atomic mass is 10.1. The molecular weight excluding hydrogens is 289 g/mol. The first-order valence-corrected chi connectivity index (χ1v) is 6.82. The highest BCUT2D eigenvalue weighted by Gasteiger charge is 2.18. The fourth-order valence-electron chi connectivity index (χ4n) is 2.22. The molecule has 2 N–H and O–H groups in total. The van der Waals surface area contributed by atoms with Crippen LogP contribution in [0.4, 0.5) is 10.2 Å². The zero-order chi connectivity index (χ0) is 15.0. The van der Waals surface area contributed by atoms with E-state index in [1.54, 1.807) is 16.8 Å². The van der Waals surface area contributed by atoms with Gasteiger partial charge in [-0.3, -0.25) is 0 Å². The molecule has 0 amide bonds. The van der Waals surface area contributed by atoms with Crippen molar-refractivity contribution >= 4 is 17.4 Å². The number of rotatable bonds is 2. The summed E-state index contributed by atoms with van der Waals surface area (Å²) in [4.78, 5) is 0. The number of nitrogens with two attached hydrogens (primary N) is 1. The molecule has 3 rings (SSSR count). The number of benzene rings is 2. The predicted molar refractivity (Wildman–Crippen MR) is 83.1 cm³/mol. The summed E-state index contributed by atoms with van der Waals surface area (Å²) in [6.07, 6.45) is 0. The van der Waals surface area contributed by atoms with Crippen molar-refractivity contribution in [2.45, 2.75) is 6.92 Å². The van der Waals surface area contributed by atoms with Crippen LogP contribution >= 0.6 is 11.6 Å². The first kappa shape index (κ1) is 13.6. The summed E-state index contributed by atoms with van der Waals surface area (Å²) in [6.45, 7) is 1.85. The third-order valence-electron chi connectivity index (χ3n) is 3.38. The Morgan fingerprint density at radius 3 is 2.52 bits per heavy atom.